The summed E-state index contributed by atoms with van der Waals surface area (Å²) in [5.41, 5.74) is 7.23. The van der Waals surface area contributed by atoms with Gasteiger partial charge in [-0.25, -0.2) is 0 Å². The number of fused-ring (bicyclic) bond motifs is 1. The fraction of sp³-hybridized carbons (Fsp3) is 0.647. The molecule has 0 amide bonds. The number of hydrogen-bond donors (Lipinski definition) is 1. The molecular formula is C17H26N2O2. The van der Waals surface area contributed by atoms with Gasteiger partial charge in [-0.05, 0) is 50.0 Å². The molecule has 1 fully saturated rings. The van der Waals surface area contributed by atoms with Crippen molar-refractivity contribution in [1.82, 2.24) is 4.90 Å². The van der Waals surface area contributed by atoms with E-state index in [1.165, 1.54) is 31.2 Å². The fourth-order valence-electron chi connectivity index (χ4n) is 3.63. The van der Waals surface area contributed by atoms with Crippen LogP contribution < -0.4 is 15.2 Å². The number of nitrogens with two attached hydrogens (primary N) is 1. The van der Waals surface area contributed by atoms with Crippen LogP contribution in [0, 0.1) is 5.92 Å². The van der Waals surface area contributed by atoms with Crippen molar-refractivity contribution >= 4 is 0 Å². The predicted molar refractivity (Wildman–Crippen MR) is 83.7 cm³/mol. The van der Waals surface area contributed by atoms with E-state index in [-0.39, 0.29) is 0 Å². The van der Waals surface area contributed by atoms with E-state index in [1.807, 2.05) is 6.07 Å². The number of hydrogen-bond acceptors (Lipinski definition) is 4. The lowest BCUT2D eigenvalue weighted by Crippen LogP contribution is -2.42. The Morgan fingerprint density at radius 1 is 1.14 bits per heavy atom. The van der Waals surface area contributed by atoms with Crippen LogP contribution in [-0.4, -0.2) is 37.7 Å². The van der Waals surface area contributed by atoms with Gasteiger partial charge in [0.2, 0.25) is 0 Å². The molecule has 2 aliphatic rings. The monoisotopic (exact) mass is 290 g/mol. The summed E-state index contributed by atoms with van der Waals surface area (Å²) < 4.78 is 11.2. The lowest BCUT2D eigenvalue weighted by molar-refractivity contribution is 0.127. The maximum Gasteiger partial charge on any atom is 0.161 e. The quantitative estimate of drug-likeness (QED) is 0.925. The average molecular weight is 290 g/mol. The second-order valence-electron chi connectivity index (χ2n) is 6.24. The van der Waals surface area contributed by atoms with Gasteiger partial charge in [0, 0.05) is 12.6 Å². The molecule has 1 aromatic carbocycles. The first-order valence-electron chi connectivity index (χ1n) is 8.07. The van der Waals surface area contributed by atoms with Crippen molar-refractivity contribution in [3.8, 4) is 11.5 Å². The Morgan fingerprint density at radius 3 is 2.71 bits per heavy atom. The molecule has 116 valence electrons. The SMILES string of the molecule is CN(Cc1ccc2c(c1)OCCO2)C1CCCCC1CN. The van der Waals surface area contributed by atoms with Crippen LogP contribution in [0.2, 0.25) is 0 Å². The van der Waals surface area contributed by atoms with Crippen LogP contribution in [0.25, 0.3) is 0 Å². The molecule has 1 aliphatic heterocycles. The summed E-state index contributed by atoms with van der Waals surface area (Å²) in [6, 6.07) is 6.89. The van der Waals surface area contributed by atoms with Crippen molar-refractivity contribution in [2.45, 2.75) is 38.3 Å². The zero-order valence-electron chi connectivity index (χ0n) is 12.9. The van der Waals surface area contributed by atoms with Gasteiger partial charge in [-0.15, -0.1) is 0 Å². The molecule has 4 nitrogen and oxygen atoms in total. The first kappa shape index (κ1) is 14.7. The van der Waals surface area contributed by atoms with E-state index < -0.39 is 0 Å². The summed E-state index contributed by atoms with van der Waals surface area (Å²) in [6.07, 6.45) is 5.19. The lowest BCUT2D eigenvalue weighted by atomic mass is 9.83. The molecular weight excluding hydrogens is 264 g/mol. The lowest BCUT2D eigenvalue weighted by Gasteiger charge is -2.37. The Kier molecular flexibility index (Phi) is 4.66. The molecule has 0 saturated heterocycles. The topological polar surface area (TPSA) is 47.7 Å². The zero-order valence-corrected chi connectivity index (χ0v) is 12.9. The highest BCUT2D eigenvalue weighted by molar-refractivity contribution is 5.43. The fourth-order valence-corrected chi connectivity index (χ4v) is 3.63. The van der Waals surface area contributed by atoms with Gasteiger partial charge in [-0.1, -0.05) is 18.9 Å². The van der Waals surface area contributed by atoms with Gasteiger partial charge in [-0.2, -0.15) is 0 Å². The number of ether oxygens (including phenoxy) is 2. The molecule has 1 heterocycles. The molecule has 0 spiro atoms. The van der Waals surface area contributed by atoms with E-state index in [0.717, 1.165) is 24.6 Å². The van der Waals surface area contributed by atoms with Crippen LogP contribution in [0.4, 0.5) is 0 Å². The smallest absolute Gasteiger partial charge is 0.161 e. The van der Waals surface area contributed by atoms with Crippen molar-refractivity contribution in [1.29, 1.82) is 0 Å². The summed E-state index contributed by atoms with van der Waals surface area (Å²) in [4.78, 5) is 2.46. The third-order valence-corrected chi connectivity index (χ3v) is 4.78. The molecule has 2 atom stereocenters. The zero-order chi connectivity index (χ0) is 14.7. The molecule has 2 N–H and O–H groups in total. The highest BCUT2D eigenvalue weighted by Crippen LogP contribution is 2.32. The van der Waals surface area contributed by atoms with Crippen molar-refractivity contribution in [3.05, 3.63) is 23.8 Å². The van der Waals surface area contributed by atoms with E-state index >= 15 is 0 Å². The van der Waals surface area contributed by atoms with Crippen LogP contribution in [0.15, 0.2) is 18.2 Å². The highest BCUT2D eigenvalue weighted by Gasteiger charge is 2.27. The molecule has 2 unspecified atom stereocenters. The average Bonchev–Trinajstić information content (AvgIpc) is 2.54. The van der Waals surface area contributed by atoms with Gasteiger partial charge in [0.25, 0.3) is 0 Å². The summed E-state index contributed by atoms with van der Waals surface area (Å²) in [6.45, 7) is 3.03. The molecule has 0 radical (unpaired) electrons. The van der Waals surface area contributed by atoms with Crippen molar-refractivity contribution in [2.24, 2.45) is 11.7 Å². The first-order valence-corrected chi connectivity index (χ1v) is 8.07. The molecule has 1 aliphatic carbocycles. The van der Waals surface area contributed by atoms with Gasteiger partial charge < -0.3 is 15.2 Å². The van der Waals surface area contributed by atoms with Crippen molar-refractivity contribution in [3.63, 3.8) is 0 Å². The Morgan fingerprint density at radius 2 is 1.90 bits per heavy atom. The second-order valence-corrected chi connectivity index (χ2v) is 6.24. The number of benzene rings is 1. The first-order chi connectivity index (χ1) is 10.3. The van der Waals surface area contributed by atoms with E-state index in [9.17, 15) is 0 Å². The third-order valence-electron chi connectivity index (χ3n) is 4.78. The largest absolute Gasteiger partial charge is 0.486 e. The summed E-state index contributed by atoms with van der Waals surface area (Å²) >= 11 is 0. The van der Waals surface area contributed by atoms with E-state index in [1.54, 1.807) is 0 Å². The molecule has 1 saturated carbocycles. The minimum Gasteiger partial charge on any atom is -0.486 e. The Bertz CT molecular complexity index is 478. The van der Waals surface area contributed by atoms with Crippen LogP contribution in [0.3, 0.4) is 0 Å². The third kappa shape index (κ3) is 3.33. The maximum atomic E-state index is 5.95. The maximum absolute atomic E-state index is 5.95. The van der Waals surface area contributed by atoms with Crippen molar-refractivity contribution < 1.29 is 9.47 Å². The van der Waals surface area contributed by atoms with Crippen LogP contribution in [0.1, 0.15) is 31.2 Å². The molecule has 3 rings (SSSR count). The Labute approximate surface area is 127 Å². The summed E-state index contributed by atoms with van der Waals surface area (Å²) in [7, 11) is 2.22. The van der Waals surface area contributed by atoms with Crippen LogP contribution in [-0.2, 0) is 6.54 Å². The Balaban J connectivity index is 1.67. The van der Waals surface area contributed by atoms with Gasteiger partial charge in [0.1, 0.15) is 13.2 Å². The van der Waals surface area contributed by atoms with Gasteiger partial charge in [0.15, 0.2) is 11.5 Å². The van der Waals surface area contributed by atoms with Crippen LogP contribution in [0.5, 0.6) is 11.5 Å². The van der Waals surface area contributed by atoms with Crippen LogP contribution >= 0.6 is 0 Å². The second kappa shape index (κ2) is 6.67. The highest BCUT2D eigenvalue weighted by atomic mass is 16.6. The number of nitrogens with zero attached hydrogens (tertiary/aromatic N) is 1. The molecule has 21 heavy (non-hydrogen) atoms. The summed E-state index contributed by atoms with van der Waals surface area (Å²) in [5, 5.41) is 0. The molecule has 4 heteroatoms. The minimum absolute atomic E-state index is 0.608. The van der Waals surface area contributed by atoms with Gasteiger partial charge >= 0.3 is 0 Å². The van der Waals surface area contributed by atoms with Gasteiger partial charge in [-0.3, -0.25) is 4.90 Å². The summed E-state index contributed by atoms with van der Waals surface area (Å²) in [5.74, 6) is 2.39. The minimum atomic E-state index is 0.608. The van der Waals surface area contributed by atoms with E-state index in [0.29, 0.717) is 25.2 Å². The van der Waals surface area contributed by atoms with E-state index in [4.69, 9.17) is 15.2 Å². The normalized spacial score (nSPS) is 25.1. The van der Waals surface area contributed by atoms with Crippen molar-refractivity contribution in [2.75, 3.05) is 26.8 Å². The molecule has 0 bridgehead atoms. The Hall–Kier alpha value is -1.26. The van der Waals surface area contributed by atoms with Gasteiger partial charge in [0.05, 0.1) is 0 Å². The standard InChI is InChI=1S/C17H26N2O2/c1-19(15-5-3-2-4-14(15)11-18)12-13-6-7-16-17(10-13)21-9-8-20-16/h6-7,10,14-15H,2-5,8-9,11-12,18H2,1H3. The van der Waals surface area contributed by atoms with E-state index in [2.05, 4.69) is 24.1 Å². The predicted octanol–water partition coefficient (Wildman–Crippen LogP) is 2.41. The molecule has 1 aromatic rings. The number of rotatable bonds is 4. The molecule has 0 aromatic heterocycles.